The fraction of sp³-hybridized carbons (Fsp3) is 0.125. The van der Waals surface area contributed by atoms with Gasteiger partial charge in [-0.3, -0.25) is 4.98 Å². The van der Waals surface area contributed by atoms with Crippen LogP contribution >= 0.6 is 0 Å². The van der Waals surface area contributed by atoms with Crippen molar-refractivity contribution >= 4 is 0 Å². The summed E-state index contributed by atoms with van der Waals surface area (Å²) >= 11 is 0. The molecule has 0 N–H and O–H groups in total. The fourth-order valence-corrected chi connectivity index (χ4v) is 0.992. The Kier molecular flexibility index (Phi) is 2.18. The second-order valence-corrected chi connectivity index (χ2v) is 2.55. The molecular weight excluding hydrogens is 190 g/mol. The van der Waals surface area contributed by atoms with Gasteiger partial charge in [0.15, 0.2) is 5.82 Å². The van der Waals surface area contributed by atoms with Gasteiger partial charge in [-0.25, -0.2) is 18.4 Å². The van der Waals surface area contributed by atoms with Crippen LogP contribution < -0.4 is 0 Å². The van der Waals surface area contributed by atoms with Crippen LogP contribution in [0, 0.1) is 0 Å². The average molecular weight is 196 g/mol. The lowest BCUT2D eigenvalue weighted by Crippen LogP contribution is -1.99. The Hall–Kier alpha value is -1.85. The Labute approximate surface area is 78.2 Å². The Morgan fingerprint density at radius 2 is 2.14 bits per heavy atom. The summed E-state index contributed by atoms with van der Waals surface area (Å²) in [5, 5.41) is 3.64. The van der Waals surface area contributed by atoms with Crippen LogP contribution in [0.1, 0.15) is 12.1 Å². The summed E-state index contributed by atoms with van der Waals surface area (Å²) in [7, 11) is 0. The molecule has 0 aliphatic rings. The molecule has 0 saturated heterocycles. The topological polar surface area (TPSA) is 43.6 Å². The van der Waals surface area contributed by atoms with E-state index in [4.69, 9.17) is 0 Å². The second-order valence-electron chi connectivity index (χ2n) is 2.55. The Morgan fingerprint density at radius 1 is 1.29 bits per heavy atom. The summed E-state index contributed by atoms with van der Waals surface area (Å²) in [6, 6.07) is 1.25. The number of aromatic nitrogens is 4. The Morgan fingerprint density at radius 3 is 2.71 bits per heavy atom. The first-order chi connectivity index (χ1) is 6.77. The molecule has 0 aliphatic carbocycles. The van der Waals surface area contributed by atoms with E-state index >= 15 is 0 Å². The minimum absolute atomic E-state index is 0.268. The summed E-state index contributed by atoms with van der Waals surface area (Å²) in [5.41, 5.74) is -0.268. The number of nitrogens with zero attached hydrogens (tertiary/aromatic N) is 4. The predicted molar refractivity (Wildman–Crippen MR) is 44.1 cm³/mol. The smallest absolute Gasteiger partial charge is 0.259 e. The molecule has 0 spiro atoms. The molecule has 72 valence electrons. The van der Waals surface area contributed by atoms with Crippen LogP contribution in [0.3, 0.4) is 0 Å². The Balaban J connectivity index is 2.34. The molecule has 0 saturated carbocycles. The van der Waals surface area contributed by atoms with Gasteiger partial charge in [-0.2, -0.15) is 5.10 Å². The highest BCUT2D eigenvalue weighted by Gasteiger charge is 2.11. The van der Waals surface area contributed by atoms with Crippen molar-refractivity contribution in [1.29, 1.82) is 0 Å². The monoisotopic (exact) mass is 196 g/mol. The molecule has 14 heavy (non-hydrogen) atoms. The summed E-state index contributed by atoms with van der Waals surface area (Å²) in [5.74, 6) is 0.416. The van der Waals surface area contributed by atoms with E-state index in [-0.39, 0.29) is 5.69 Å². The van der Waals surface area contributed by atoms with Crippen molar-refractivity contribution in [3.8, 4) is 5.82 Å². The minimum atomic E-state index is -2.56. The highest BCUT2D eigenvalue weighted by atomic mass is 19.3. The fourth-order valence-electron chi connectivity index (χ4n) is 0.992. The van der Waals surface area contributed by atoms with Gasteiger partial charge in [-0.15, -0.1) is 0 Å². The van der Waals surface area contributed by atoms with Crippen LogP contribution in [0.25, 0.3) is 5.82 Å². The van der Waals surface area contributed by atoms with E-state index in [0.29, 0.717) is 5.82 Å². The largest absolute Gasteiger partial charge is 0.282 e. The molecule has 2 heterocycles. The molecule has 0 radical (unpaired) electrons. The van der Waals surface area contributed by atoms with Crippen molar-refractivity contribution in [3.05, 3.63) is 36.5 Å². The van der Waals surface area contributed by atoms with E-state index in [1.807, 2.05) is 0 Å². The van der Waals surface area contributed by atoms with Gasteiger partial charge in [-0.1, -0.05) is 0 Å². The average Bonchev–Trinajstić information content (AvgIpc) is 2.68. The molecule has 0 aromatic carbocycles. The summed E-state index contributed by atoms with van der Waals surface area (Å²) in [6.07, 6.45) is 3.28. The lowest BCUT2D eigenvalue weighted by atomic mass is 10.5. The van der Waals surface area contributed by atoms with E-state index in [9.17, 15) is 8.78 Å². The molecule has 2 aromatic rings. The van der Waals surface area contributed by atoms with Gasteiger partial charge in [0.2, 0.25) is 0 Å². The number of halogens is 2. The second kappa shape index (κ2) is 3.49. The van der Waals surface area contributed by atoms with Gasteiger partial charge in [0.05, 0.1) is 6.20 Å². The zero-order valence-corrected chi connectivity index (χ0v) is 7.01. The first kappa shape index (κ1) is 8.74. The molecule has 0 unspecified atom stereocenters. The van der Waals surface area contributed by atoms with E-state index in [1.165, 1.54) is 35.5 Å². The van der Waals surface area contributed by atoms with Crippen LogP contribution in [0.5, 0.6) is 0 Å². The van der Waals surface area contributed by atoms with Crippen molar-refractivity contribution < 1.29 is 8.78 Å². The summed E-state index contributed by atoms with van der Waals surface area (Å²) in [4.78, 5) is 7.72. The zero-order chi connectivity index (χ0) is 9.97. The molecule has 0 fully saturated rings. The van der Waals surface area contributed by atoms with Crippen LogP contribution in [0.15, 0.2) is 30.9 Å². The maximum absolute atomic E-state index is 12.2. The summed E-state index contributed by atoms with van der Waals surface area (Å²) < 4.78 is 25.6. The standard InChI is InChI=1S/C8H6F2N4/c9-8(10)6-1-4-14(13-6)7-5-11-2-3-12-7/h1-5,8H. The molecule has 6 heteroatoms. The predicted octanol–water partition coefficient (Wildman–Crippen LogP) is 1.60. The number of alkyl halides is 2. The van der Waals surface area contributed by atoms with Gasteiger partial charge in [0, 0.05) is 18.6 Å². The SMILES string of the molecule is FC(F)c1ccn(-c2cnccn2)n1. The third-order valence-corrected chi connectivity index (χ3v) is 1.62. The zero-order valence-electron chi connectivity index (χ0n) is 7.01. The maximum atomic E-state index is 12.2. The number of hydrogen-bond donors (Lipinski definition) is 0. The molecule has 0 atom stereocenters. The van der Waals surface area contributed by atoms with Crippen LogP contribution in [-0.4, -0.2) is 19.7 Å². The van der Waals surface area contributed by atoms with E-state index in [2.05, 4.69) is 15.1 Å². The third-order valence-electron chi connectivity index (χ3n) is 1.62. The van der Waals surface area contributed by atoms with Crippen LogP contribution in [0.4, 0.5) is 8.78 Å². The highest BCUT2D eigenvalue weighted by molar-refractivity contribution is 5.17. The van der Waals surface area contributed by atoms with E-state index in [0.717, 1.165) is 0 Å². The molecule has 0 aliphatic heterocycles. The van der Waals surface area contributed by atoms with Crippen molar-refractivity contribution in [2.75, 3.05) is 0 Å². The minimum Gasteiger partial charge on any atom is -0.259 e. The van der Waals surface area contributed by atoms with Gasteiger partial charge >= 0.3 is 0 Å². The van der Waals surface area contributed by atoms with Crippen molar-refractivity contribution in [1.82, 2.24) is 19.7 Å². The van der Waals surface area contributed by atoms with E-state index < -0.39 is 6.43 Å². The maximum Gasteiger partial charge on any atom is 0.282 e. The van der Waals surface area contributed by atoms with Crippen LogP contribution in [-0.2, 0) is 0 Å². The lowest BCUT2D eigenvalue weighted by Gasteiger charge is -1.97. The Bertz CT molecular complexity index is 412. The van der Waals surface area contributed by atoms with Gasteiger partial charge in [0.1, 0.15) is 5.69 Å². The van der Waals surface area contributed by atoms with Crippen molar-refractivity contribution in [2.24, 2.45) is 0 Å². The van der Waals surface area contributed by atoms with Crippen molar-refractivity contribution in [3.63, 3.8) is 0 Å². The quantitative estimate of drug-likeness (QED) is 0.732. The third kappa shape index (κ3) is 1.59. The summed E-state index contributed by atoms with van der Waals surface area (Å²) in [6.45, 7) is 0. The molecular formula is C8H6F2N4. The molecule has 2 aromatic heterocycles. The molecule has 2 rings (SSSR count). The molecule has 0 bridgehead atoms. The first-order valence-corrected chi connectivity index (χ1v) is 3.87. The van der Waals surface area contributed by atoms with Crippen molar-refractivity contribution in [2.45, 2.75) is 6.43 Å². The van der Waals surface area contributed by atoms with Gasteiger partial charge in [0.25, 0.3) is 6.43 Å². The van der Waals surface area contributed by atoms with E-state index in [1.54, 1.807) is 0 Å². The number of hydrogen-bond acceptors (Lipinski definition) is 3. The number of rotatable bonds is 2. The lowest BCUT2D eigenvalue weighted by molar-refractivity contribution is 0.145. The first-order valence-electron chi connectivity index (χ1n) is 3.87. The highest BCUT2D eigenvalue weighted by Crippen LogP contribution is 2.16. The molecule has 0 amide bonds. The molecule has 4 nitrogen and oxygen atoms in total. The normalized spacial score (nSPS) is 10.8. The van der Waals surface area contributed by atoms with Gasteiger partial charge in [-0.05, 0) is 6.07 Å². The van der Waals surface area contributed by atoms with Crippen LogP contribution in [0.2, 0.25) is 0 Å². The van der Waals surface area contributed by atoms with Gasteiger partial charge < -0.3 is 0 Å².